The Hall–Kier alpha value is -3.01. The number of nitrogens with zero attached hydrogens (tertiary/aromatic N) is 1. The average molecular weight is 428 g/mol. The lowest BCUT2D eigenvalue weighted by molar-refractivity contribution is -0.136. The van der Waals surface area contributed by atoms with Crippen LogP contribution < -0.4 is 10.1 Å². The first kappa shape index (κ1) is 21.2. The minimum Gasteiger partial charge on any atom is -0.494 e. The molecule has 1 N–H and O–H groups in total. The lowest BCUT2D eigenvalue weighted by Crippen LogP contribution is -2.53. The number of fused-ring (bicyclic) bond motifs is 2. The summed E-state index contributed by atoms with van der Waals surface area (Å²) in [5.74, 6) is -0.671. The summed E-state index contributed by atoms with van der Waals surface area (Å²) in [6.07, 6.45) is -3.06. The topological polar surface area (TPSA) is 62.1 Å². The predicted molar refractivity (Wildman–Crippen MR) is 108 cm³/mol. The zero-order valence-corrected chi connectivity index (χ0v) is 16.9. The molecule has 1 amide bonds. The van der Waals surface area contributed by atoms with E-state index in [1.165, 1.54) is 0 Å². The van der Waals surface area contributed by atoms with Crippen molar-refractivity contribution < 1.29 is 22.7 Å². The van der Waals surface area contributed by atoms with Gasteiger partial charge in [-0.2, -0.15) is 18.4 Å². The zero-order chi connectivity index (χ0) is 22.1. The van der Waals surface area contributed by atoms with Gasteiger partial charge in [0.05, 0.1) is 18.2 Å². The second-order valence-corrected chi connectivity index (χ2v) is 8.29. The molecule has 1 fully saturated rings. The van der Waals surface area contributed by atoms with Crippen LogP contribution in [-0.2, 0) is 16.8 Å². The number of halogens is 3. The van der Waals surface area contributed by atoms with E-state index in [-0.39, 0.29) is 24.9 Å². The number of nitrogens with one attached hydrogen (secondary N) is 1. The molecule has 31 heavy (non-hydrogen) atoms. The van der Waals surface area contributed by atoms with Gasteiger partial charge >= 0.3 is 6.18 Å². The highest BCUT2D eigenvalue weighted by atomic mass is 19.4. The van der Waals surface area contributed by atoms with Crippen molar-refractivity contribution in [1.29, 1.82) is 5.26 Å². The van der Waals surface area contributed by atoms with Gasteiger partial charge in [0.1, 0.15) is 11.7 Å². The Bertz CT molecular complexity index is 1000. The monoisotopic (exact) mass is 428 g/mol. The van der Waals surface area contributed by atoms with E-state index in [0.717, 1.165) is 23.1 Å². The van der Waals surface area contributed by atoms with Crippen molar-refractivity contribution in [2.24, 2.45) is 5.92 Å². The minimum atomic E-state index is -4.18. The van der Waals surface area contributed by atoms with Crippen LogP contribution in [0.3, 0.4) is 0 Å². The van der Waals surface area contributed by atoms with E-state index in [9.17, 15) is 23.2 Å². The van der Waals surface area contributed by atoms with Crippen molar-refractivity contribution in [3.8, 4) is 11.8 Å². The number of piperidine rings is 1. The number of carbonyl (C=O) groups is 1. The van der Waals surface area contributed by atoms with Crippen LogP contribution in [0.5, 0.6) is 5.75 Å². The molecule has 0 bridgehead atoms. The highest BCUT2D eigenvalue weighted by Crippen LogP contribution is 2.49. The van der Waals surface area contributed by atoms with E-state index in [1.807, 2.05) is 42.5 Å². The molecule has 0 radical (unpaired) electrons. The van der Waals surface area contributed by atoms with Crippen molar-refractivity contribution in [2.75, 3.05) is 6.61 Å². The molecule has 1 aliphatic carbocycles. The fourth-order valence-corrected chi connectivity index (χ4v) is 4.82. The van der Waals surface area contributed by atoms with Crippen LogP contribution in [-0.4, -0.2) is 18.7 Å². The summed E-state index contributed by atoms with van der Waals surface area (Å²) in [4.78, 5) is 12.9. The first-order valence-electron chi connectivity index (χ1n) is 10.4. The van der Waals surface area contributed by atoms with Gasteiger partial charge in [-0.1, -0.05) is 36.4 Å². The maximum atomic E-state index is 12.9. The molecule has 2 aromatic carbocycles. The Labute approximate surface area is 179 Å². The van der Waals surface area contributed by atoms with Crippen LogP contribution in [0.25, 0.3) is 0 Å². The maximum absolute atomic E-state index is 12.9. The van der Waals surface area contributed by atoms with Gasteiger partial charge in [-0.25, -0.2) is 0 Å². The SMILES string of the molecule is N#CC1C(=O)NC2(CCc3cc(OCCCC(F)(F)F)ccc32)CC1c1ccccc1. The molecule has 162 valence electrons. The summed E-state index contributed by atoms with van der Waals surface area (Å²) in [6, 6.07) is 17.3. The average Bonchev–Trinajstić information content (AvgIpc) is 3.08. The van der Waals surface area contributed by atoms with Gasteiger partial charge < -0.3 is 10.1 Å². The van der Waals surface area contributed by atoms with Crippen LogP contribution in [0, 0.1) is 17.2 Å². The van der Waals surface area contributed by atoms with E-state index in [2.05, 4.69) is 11.4 Å². The zero-order valence-electron chi connectivity index (χ0n) is 16.9. The van der Waals surface area contributed by atoms with Crippen molar-refractivity contribution >= 4 is 5.91 Å². The molecule has 2 aliphatic rings. The molecule has 1 spiro atoms. The third-order valence-electron chi connectivity index (χ3n) is 6.27. The minimum absolute atomic E-state index is 0.000105. The molecule has 3 atom stereocenters. The normalized spacial score (nSPS) is 25.0. The molecular weight excluding hydrogens is 405 g/mol. The molecule has 1 heterocycles. The summed E-state index contributed by atoms with van der Waals surface area (Å²) >= 11 is 0. The van der Waals surface area contributed by atoms with Crippen LogP contribution >= 0.6 is 0 Å². The number of amides is 1. The van der Waals surface area contributed by atoms with Crippen LogP contribution in [0.15, 0.2) is 48.5 Å². The Balaban J connectivity index is 1.54. The number of hydrogen-bond donors (Lipinski definition) is 1. The van der Waals surface area contributed by atoms with Gasteiger partial charge in [0.2, 0.25) is 5.91 Å². The summed E-state index contributed by atoms with van der Waals surface area (Å²) in [5, 5.41) is 12.7. The predicted octanol–water partition coefficient (Wildman–Crippen LogP) is 4.99. The van der Waals surface area contributed by atoms with Gasteiger partial charge in [0.25, 0.3) is 0 Å². The van der Waals surface area contributed by atoms with Crippen LogP contribution in [0.4, 0.5) is 13.2 Å². The lowest BCUT2D eigenvalue weighted by atomic mass is 9.71. The highest BCUT2D eigenvalue weighted by molar-refractivity contribution is 5.84. The second kappa shape index (κ2) is 8.26. The maximum Gasteiger partial charge on any atom is 0.389 e. The summed E-state index contributed by atoms with van der Waals surface area (Å²) in [6.45, 7) is 0.000105. The molecule has 4 rings (SSSR count). The molecular formula is C24H23F3N2O2. The van der Waals surface area contributed by atoms with Crippen LogP contribution in [0.2, 0.25) is 0 Å². The van der Waals surface area contributed by atoms with Crippen LogP contribution in [0.1, 0.15) is 48.3 Å². The van der Waals surface area contributed by atoms with E-state index in [4.69, 9.17) is 4.74 Å². The molecule has 1 saturated heterocycles. The fourth-order valence-electron chi connectivity index (χ4n) is 4.82. The molecule has 2 aromatic rings. The Morgan fingerprint density at radius 2 is 1.97 bits per heavy atom. The number of carbonyl (C=O) groups excluding carboxylic acids is 1. The van der Waals surface area contributed by atoms with Gasteiger partial charge in [0, 0.05) is 12.3 Å². The largest absolute Gasteiger partial charge is 0.494 e. The molecule has 4 nitrogen and oxygen atoms in total. The van der Waals surface area contributed by atoms with E-state index < -0.39 is 24.1 Å². The highest BCUT2D eigenvalue weighted by Gasteiger charge is 2.49. The van der Waals surface area contributed by atoms with Gasteiger partial charge in [0.15, 0.2) is 0 Å². The molecule has 0 saturated carbocycles. The van der Waals surface area contributed by atoms with Gasteiger partial charge in [-0.05, 0) is 54.5 Å². The summed E-state index contributed by atoms with van der Waals surface area (Å²) in [7, 11) is 0. The summed E-state index contributed by atoms with van der Waals surface area (Å²) < 4.78 is 42.4. The lowest BCUT2D eigenvalue weighted by Gasteiger charge is -2.42. The number of nitriles is 1. The Morgan fingerprint density at radius 1 is 1.19 bits per heavy atom. The number of alkyl halides is 3. The Kier molecular flexibility index (Phi) is 5.65. The second-order valence-electron chi connectivity index (χ2n) is 8.29. The number of hydrogen-bond acceptors (Lipinski definition) is 3. The van der Waals surface area contributed by atoms with Crippen molar-refractivity contribution in [2.45, 2.75) is 49.7 Å². The van der Waals surface area contributed by atoms with Gasteiger partial charge in [-0.3, -0.25) is 4.79 Å². The number of aryl methyl sites for hydroxylation is 1. The quantitative estimate of drug-likeness (QED) is 0.683. The van der Waals surface area contributed by atoms with E-state index in [0.29, 0.717) is 18.6 Å². The standard InChI is InChI=1S/C24H23F3N2O2/c25-24(26,27)10-4-12-31-18-7-8-21-17(13-18)9-11-23(21)14-19(16-5-2-1-3-6-16)20(15-28)22(30)29-23/h1-3,5-8,13,19-20H,4,9-12,14H2,(H,29,30). The summed E-state index contributed by atoms with van der Waals surface area (Å²) in [5.41, 5.74) is 2.45. The number of benzene rings is 2. The smallest absolute Gasteiger partial charge is 0.389 e. The van der Waals surface area contributed by atoms with E-state index in [1.54, 1.807) is 6.07 Å². The Morgan fingerprint density at radius 3 is 2.68 bits per heavy atom. The molecule has 3 unspecified atom stereocenters. The van der Waals surface area contributed by atoms with Gasteiger partial charge in [-0.15, -0.1) is 0 Å². The number of ether oxygens (including phenoxy) is 1. The molecule has 0 aromatic heterocycles. The fraction of sp³-hybridized carbons (Fsp3) is 0.417. The number of rotatable bonds is 5. The third-order valence-corrected chi connectivity index (χ3v) is 6.27. The molecule has 7 heteroatoms. The van der Waals surface area contributed by atoms with Crippen molar-refractivity contribution in [1.82, 2.24) is 5.32 Å². The van der Waals surface area contributed by atoms with Crippen molar-refractivity contribution in [3.05, 3.63) is 65.2 Å². The first-order valence-corrected chi connectivity index (χ1v) is 10.4. The van der Waals surface area contributed by atoms with Crippen molar-refractivity contribution in [3.63, 3.8) is 0 Å². The molecule has 1 aliphatic heterocycles. The third kappa shape index (κ3) is 4.39. The van der Waals surface area contributed by atoms with E-state index >= 15 is 0 Å². The first-order chi connectivity index (χ1) is 14.8.